The van der Waals surface area contributed by atoms with Gasteiger partial charge in [0.1, 0.15) is 29.5 Å². The topological polar surface area (TPSA) is 244 Å². The fourth-order valence-electron chi connectivity index (χ4n) is 10.5. The molecule has 5 amide bonds. The lowest BCUT2D eigenvalue weighted by Gasteiger charge is -2.33. The molecule has 0 radical (unpaired) electrons. The van der Waals surface area contributed by atoms with E-state index in [0.29, 0.717) is 64.5 Å². The van der Waals surface area contributed by atoms with Gasteiger partial charge in [-0.05, 0) is 152 Å². The summed E-state index contributed by atoms with van der Waals surface area (Å²) in [7, 11) is -4.99. The number of likely N-dealkylation sites (tertiary alicyclic amines) is 2. The van der Waals surface area contributed by atoms with Crippen molar-refractivity contribution in [3.63, 3.8) is 0 Å². The maximum atomic E-state index is 14.4. The molecule has 4 aromatic rings. The van der Waals surface area contributed by atoms with Gasteiger partial charge in [0.15, 0.2) is 0 Å². The zero-order valence-corrected chi connectivity index (χ0v) is 50.3. The highest BCUT2D eigenvalue weighted by atomic mass is 32.2. The van der Waals surface area contributed by atoms with Crippen molar-refractivity contribution in [1.82, 2.24) is 45.0 Å². The van der Waals surface area contributed by atoms with Crippen molar-refractivity contribution in [2.75, 3.05) is 59.9 Å². The van der Waals surface area contributed by atoms with Gasteiger partial charge in [-0.25, -0.2) is 25.6 Å². The number of ketones is 1. The van der Waals surface area contributed by atoms with Crippen LogP contribution in [0.15, 0.2) is 119 Å². The summed E-state index contributed by atoms with van der Waals surface area (Å²) >= 11 is 0. The first-order chi connectivity index (χ1) is 40.2. The maximum absolute atomic E-state index is 14.4. The Kier molecular flexibility index (Phi) is 25.9. The number of carbonyl (C=O) groups is 6. The van der Waals surface area contributed by atoms with Crippen LogP contribution < -0.4 is 26.6 Å². The van der Waals surface area contributed by atoms with Crippen LogP contribution in [0.2, 0.25) is 0 Å². The highest BCUT2D eigenvalue weighted by molar-refractivity contribution is 7.89. The molecule has 0 aliphatic carbocycles. The number of unbranched alkanes of at least 4 members (excludes halogenated alkanes) is 1. The molecule has 84 heavy (non-hydrogen) atoms. The van der Waals surface area contributed by atoms with Gasteiger partial charge in [0.2, 0.25) is 49.6 Å². The van der Waals surface area contributed by atoms with Crippen molar-refractivity contribution >= 4 is 55.4 Å². The number of sulfonamides is 2. The third-order valence-electron chi connectivity index (χ3n) is 15.7. The van der Waals surface area contributed by atoms with E-state index in [0.717, 1.165) is 35.4 Å². The van der Waals surface area contributed by atoms with Crippen molar-refractivity contribution < 1.29 is 54.4 Å². The van der Waals surface area contributed by atoms with Crippen molar-refractivity contribution in [2.24, 2.45) is 0 Å². The summed E-state index contributed by atoms with van der Waals surface area (Å²) in [4.78, 5) is 84.6. The molecule has 2 saturated heterocycles. The molecule has 4 aromatic carbocycles. The second kappa shape index (κ2) is 32.7. The molecule has 2 aliphatic heterocycles. The minimum Gasteiger partial charge on any atom is -0.356 e. The SMILES string of the molecule is CN[C@@H](C)C(=O)N[C@@H](CCCCC(=O)CCC(=O)NCCC[C@H](NC(=O)[C@H](C)NC)C(=O)N1CCC[C@H]1CN(CCc1ccccc1)S(=O)(=O)c1ccc(F)cc1)C(=O)N1CCC[C@H]1CN(CCc1ccccc1)S(=O)(=O)c1ccc(F)cc1. The number of hydrogen-bond acceptors (Lipinski definition) is 12. The predicted molar refractivity (Wildman–Crippen MR) is 316 cm³/mol. The van der Waals surface area contributed by atoms with E-state index in [4.69, 9.17) is 0 Å². The van der Waals surface area contributed by atoms with E-state index in [-0.39, 0.29) is 105 Å². The van der Waals surface area contributed by atoms with Crippen molar-refractivity contribution in [3.8, 4) is 0 Å². The van der Waals surface area contributed by atoms with Gasteiger partial charge in [0.25, 0.3) is 0 Å². The summed E-state index contributed by atoms with van der Waals surface area (Å²) < 4.78 is 86.8. The normalized spacial score (nSPS) is 17.0. The number of nitrogens with zero attached hydrogens (tertiary/aromatic N) is 4. The van der Waals surface area contributed by atoms with E-state index < -0.39 is 79.7 Å². The summed E-state index contributed by atoms with van der Waals surface area (Å²) in [5.74, 6) is -3.26. The van der Waals surface area contributed by atoms with E-state index >= 15 is 0 Å². The van der Waals surface area contributed by atoms with Crippen LogP contribution in [-0.2, 0) is 61.7 Å². The van der Waals surface area contributed by atoms with Crippen molar-refractivity contribution in [3.05, 3.63) is 132 Å². The van der Waals surface area contributed by atoms with Crippen LogP contribution in [-0.4, -0.2) is 167 Å². The third kappa shape index (κ3) is 19.5. The van der Waals surface area contributed by atoms with Crippen LogP contribution in [0.5, 0.6) is 0 Å². The first kappa shape index (κ1) is 66.6. The average Bonchev–Trinajstić information content (AvgIpc) is 4.34. The Hall–Kier alpha value is -6.50. The van der Waals surface area contributed by atoms with Crippen LogP contribution in [0.3, 0.4) is 0 Å². The lowest BCUT2D eigenvalue weighted by atomic mass is 10.0. The molecule has 0 bridgehead atoms. The first-order valence-corrected chi connectivity index (χ1v) is 32.0. The summed E-state index contributed by atoms with van der Waals surface area (Å²) in [6, 6.07) is 23.8. The van der Waals surface area contributed by atoms with E-state index in [2.05, 4.69) is 26.6 Å². The standard InChI is InChI=1S/C61H83F2N9O10S2/c1-44(64-3)58(75)67-55(60(77)71-38-14-20-50(71)42-69(40-35-46-16-7-5-8-17-46)83(79,80)53-30-25-48(62)26-31-53)23-12-11-22-52(73)29-34-57(74)66-37-13-24-56(68-59(76)45(2)65-4)61(78)72-39-15-21-51(72)43-70(41-36-47-18-9-6-10-19-47)84(81,82)54-32-27-49(63)28-33-54/h5-10,16-19,25-28,30-33,44-45,50-51,55-56,64-65H,11-15,20-24,29,34-43H2,1-4H3,(H,66,74)(H,67,75)(H,68,76)/t44-,45-,50-,51-,55-,56-/m0/s1. The maximum Gasteiger partial charge on any atom is 0.245 e. The number of Topliss-reactive ketones (excluding diaryl/α,β-unsaturated/α-hetero) is 1. The van der Waals surface area contributed by atoms with Crippen molar-refractivity contribution in [2.45, 2.75) is 150 Å². The van der Waals surface area contributed by atoms with Gasteiger partial charge in [-0.15, -0.1) is 0 Å². The lowest BCUT2D eigenvalue weighted by molar-refractivity contribution is -0.138. The van der Waals surface area contributed by atoms with E-state index in [1.54, 1.807) is 37.7 Å². The fraction of sp³-hybridized carbons (Fsp3) is 0.508. The van der Waals surface area contributed by atoms with Crippen LogP contribution in [0.25, 0.3) is 0 Å². The number of benzene rings is 4. The molecule has 0 spiro atoms. The molecular formula is C61H83F2N9O10S2. The molecule has 0 saturated carbocycles. The van der Waals surface area contributed by atoms with Gasteiger partial charge < -0.3 is 36.4 Å². The second-order valence-electron chi connectivity index (χ2n) is 21.7. The van der Waals surface area contributed by atoms with E-state index in [1.807, 2.05) is 60.7 Å². The number of amides is 5. The van der Waals surface area contributed by atoms with Gasteiger partial charge in [-0.3, -0.25) is 28.8 Å². The molecule has 2 fully saturated rings. The van der Waals surface area contributed by atoms with Crippen LogP contribution >= 0.6 is 0 Å². The number of rotatable bonds is 34. The van der Waals surface area contributed by atoms with E-state index in [9.17, 15) is 54.4 Å². The number of likely N-dealkylation sites (N-methyl/N-ethyl adjacent to an activating group) is 2. The smallest absolute Gasteiger partial charge is 0.245 e. The molecule has 0 aromatic heterocycles. The average molecular weight is 1200 g/mol. The summed E-state index contributed by atoms with van der Waals surface area (Å²) in [6.45, 7) is 4.31. The minimum absolute atomic E-state index is 0.0164. The number of hydrogen-bond donors (Lipinski definition) is 5. The first-order valence-electron chi connectivity index (χ1n) is 29.2. The van der Waals surface area contributed by atoms with Gasteiger partial charge in [0, 0.05) is 77.2 Å². The largest absolute Gasteiger partial charge is 0.356 e. The molecule has 19 nitrogen and oxygen atoms in total. The zero-order valence-electron chi connectivity index (χ0n) is 48.6. The Labute approximate surface area is 494 Å². The Morgan fingerprint density at radius 1 is 0.560 bits per heavy atom. The molecule has 6 atom stereocenters. The van der Waals surface area contributed by atoms with E-state index in [1.165, 1.54) is 32.9 Å². The molecule has 5 N–H and O–H groups in total. The molecular weight excluding hydrogens is 1120 g/mol. The van der Waals surface area contributed by atoms with Crippen molar-refractivity contribution in [1.29, 1.82) is 0 Å². The Balaban J connectivity index is 1.00. The third-order valence-corrected chi connectivity index (χ3v) is 19.5. The van der Waals surface area contributed by atoms with Gasteiger partial charge in [-0.1, -0.05) is 67.1 Å². The van der Waals surface area contributed by atoms with Crippen LogP contribution in [0.1, 0.15) is 102 Å². The second-order valence-corrected chi connectivity index (χ2v) is 25.6. The number of nitrogens with one attached hydrogen (secondary N) is 5. The summed E-state index contributed by atoms with van der Waals surface area (Å²) in [6.07, 6.45) is 4.41. The highest BCUT2D eigenvalue weighted by Gasteiger charge is 2.39. The number of carbonyl (C=O) groups excluding carboxylic acids is 6. The lowest BCUT2D eigenvalue weighted by Crippen LogP contribution is -2.55. The predicted octanol–water partition coefficient (Wildman–Crippen LogP) is 5.11. The molecule has 2 heterocycles. The molecule has 23 heteroatoms. The Morgan fingerprint density at radius 2 is 0.976 bits per heavy atom. The highest BCUT2D eigenvalue weighted by Crippen LogP contribution is 2.27. The van der Waals surface area contributed by atoms with Gasteiger partial charge in [0.05, 0.1) is 21.9 Å². The Bertz CT molecular complexity index is 2820. The quantitative estimate of drug-likeness (QED) is 0.0384. The zero-order chi connectivity index (χ0) is 60.8. The fourth-order valence-corrected chi connectivity index (χ4v) is 13.4. The summed E-state index contributed by atoms with van der Waals surface area (Å²) in [5.41, 5.74) is 1.84. The minimum atomic E-state index is -4.12. The molecule has 2 aliphatic rings. The van der Waals surface area contributed by atoms with Gasteiger partial charge in [-0.2, -0.15) is 8.61 Å². The van der Waals surface area contributed by atoms with Gasteiger partial charge >= 0.3 is 0 Å². The molecule has 6 rings (SSSR count). The molecule has 458 valence electrons. The monoisotopic (exact) mass is 1200 g/mol. The number of halogens is 2. The summed E-state index contributed by atoms with van der Waals surface area (Å²) in [5, 5.41) is 14.3. The molecule has 0 unspecified atom stereocenters. The Morgan fingerprint density at radius 3 is 1.39 bits per heavy atom. The van der Waals surface area contributed by atoms with Crippen LogP contribution in [0, 0.1) is 11.6 Å². The van der Waals surface area contributed by atoms with Crippen LogP contribution in [0.4, 0.5) is 8.78 Å².